The van der Waals surface area contributed by atoms with Crippen molar-refractivity contribution in [2.24, 2.45) is 5.92 Å². The number of benzene rings is 1. The summed E-state index contributed by atoms with van der Waals surface area (Å²) in [6.07, 6.45) is 4.01. The molecule has 1 aromatic carbocycles. The molecular formula is C18H19BrNO2Y-. The molecule has 0 saturated heterocycles. The van der Waals surface area contributed by atoms with Gasteiger partial charge in [0.05, 0.1) is 0 Å². The topological polar surface area (TPSA) is 29.5 Å². The fourth-order valence-electron chi connectivity index (χ4n) is 2.33. The van der Waals surface area contributed by atoms with Crippen LogP contribution in [0.25, 0.3) is 5.70 Å². The maximum atomic E-state index is 12.3. The van der Waals surface area contributed by atoms with E-state index in [-0.39, 0.29) is 44.5 Å². The smallest absolute Gasteiger partial charge is 0.225 e. The van der Waals surface area contributed by atoms with Crippen LogP contribution in [0.5, 0.6) is 5.75 Å². The second kappa shape index (κ2) is 9.62. The van der Waals surface area contributed by atoms with Crippen LogP contribution in [0.15, 0.2) is 22.7 Å². The third-order valence-corrected chi connectivity index (χ3v) is 4.19. The first-order chi connectivity index (χ1) is 10.6. The van der Waals surface area contributed by atoms with Gasteiger partial charge in [0.15, 0.2) is 0 Å². The Hall–Kier alpha value is -0.626. The van der Waals surface area contributed by atoms with Gasteiger partial charge >= 0.3 is 0 Å². The zero-order chi connectivity index (χ0) is 16.1. The van der Waals surface area contributed by atoms with E-state index in [0.29, 0.717) is 19.6 Å². The molecule has 23 heavy (non-hydrogen) atoms. The molecule has 0 N–H and O–H groups in total. The molecule has 1 atom stereocenters. The normalized spacial score (nSPS) is 16.9. The van der Waals surface area contributed by atoms with Gasteiger partial charge in [0.25, 0.3) is 0 Å². The standard InChI is InChI=1S/C18H19BrNO2.Y/c1-4-6-11-22-14-8-9-15(16(19)12-14)17-10-7-13(3)18(21)20(17)5-2;/h8-9,12-13H,5,7,11H2,1-3H3;/q-1;. The Labute approximate surface area is 171 Å². The molecule has 1 amide bonds. The van der Waals surface area contributed by atoms with Crippen LogP contribution in [0, 0.1) is 23.8 Å². The molecule has 119 valence electrons. The zero-order valence-electron chi connectivity index (χ0n) is 13.6. The summed E-state index contributed by atoms with van der Waals surface area (Å²) in [6.45, 7) is 6.71. The van der Waals surface area contributed by atoms with E-state index in [1.807, 2.05) is 32.0 Å². The molecule has 2 rings (SSSR count). The average Bonchev–Trinajstić information content (AvgIpc) is 2.51. The maximum Gasteiger partial charge on any atom is 0.225 e. The monoisotopic (exact) mass is 449 g/mol. The summed E-state index contributed by atoms with van der Waals surface area (Å²) in [5.41, 5.74) is 1.80. The number of halogens is 1. The second-order valence-corrected chi connectivity index (χ2v) is 5.92. The molecule has 1 aliphatic rings. The van der Waals surface area contributed by atoms with Crippen molar-refractivity contribution in [1.82, 2.24) is 4.90 Å². The van der Waals surface area contributed by atoms with Crippen LogP contribution in [0.2, 0.25) is 0 Å². The molecule has 1 heterocycles. The summed E-state index contributed by atoms with van der Waals surface area (Å²) >= 11 is 3.57. The van der Waals surface area contributed by atoms with Gasteiger partial charge in [-0.15, -0.1) is 23.2 Å². The molecule has 0 bridgehead atoms. The van der Waals surface area contributed by atoms with Gasteiger partial charge in [0.2, 0.25) is 5.91 Å². The van der Waals surface area contributed by atoms with Crippen molar-refractivity contribution >= 4 is 27.5 Å². The molecule has 0 fully saturated rings. The largest absolute Gasteiger partial charge is 0.481 e. The van der Waals surface area contributed by atoms with Crippen LogP contribution in [0.4, 0.5) is 0 Å². The van der Waals surface area contributed by atoms with Gasteiger partial charge < -0.3 is 9.64 Å². The number of allylic oxidation sites excluding steroid dienone is 1. The summed E-state index contributed by atoms with van der Waals surface area (Å²) < 4.78 is 6.43. The fourth-order valence-corrected chi connectivity index (χ4v) is 2.88. The first kappa shape index (κ1) is 20.4. The van der Waals surface area contributed by atoms with Crippen molar-refractivity contribution in [1.29, 1.82) is 0 Å². The Bertz CT molecular complexity index is 661. The van der Waals surface area contributed by atoms with Crippen LogP contribution in [0.1, 0.15) is 32.8 Å². The van der Waals surface area contributed by atoms with E-state index in [2.05, 4.69) is 33.8 Å². The van der Waals surface area contributed by atoms with Crippen LogP contribution in [-0.2, 0) is 37.5 Å². The molecule has 0 spiro atoms. The van der Waals surface area contributed by atoms with Gasteiger partial charge in [0, 0.05) is 45.2 Å². The van der Waals surface area contributed by atoms with Gasteiger partial charge in [-0.1, -0.05) is 39.7 Å². The second-order valence-electron chi connectivity index (χ2n) is 5.07. The van der Waals surface area contributed by atoms with Crippen LogP contribution in [0.3, 0.4) is 0 Å². The number of nitrogens with zero attached hydrogens (tertiary/aromatic N) is 1. The van der Waals surface area contributed by atoms with E-state index in [1.54, 1.807) is 11.8 Å². The Morgan fingerprint density at radius 1 is 1.48 bits per heavy atom. The van der Waals surface area contributed by atoms with Crippen LogP contribution in [-0.4, -0.2) is 24.0 Å². The van der Waals surface area contributed by atoms with Gasteiger partial charge in [-0.05, 0) is 26.0 Å². The SMILES string of the molecule is CC#CCOc1ccc(C2=[C-]CC(C)C(=O)N2CC)c(Br)c1.[Y]. The van der Waals surface area contributed by atoms with Crippen molar-refractivity contribution < 1.29 is 42.2 Å². The number of amides is 1. The molecule has 0 aliphatic carbocycles. The minimum atomic E-state index is -0.00213. The first-order valence-electron chi connectivity index (χ1n) is 7.33. The van der Waals surface area contributed by atoms with E-state index in [1.165, 1.54) is 0 Å². The van der Waals surface area contributed by atoms with Gasteiger partial charge in [-0.25, -0.2) is 6.08 Å². The van der Waals surface area contributed by atoms with Gasteiger partial charge in [-0.2, -0.15) is 0 Å². The Morgan fingerprint density at radius 2 is 2.22 bits per heavy atom. The van der Waals surface area contributed by atoms with Crippen molar-refractivity contribution in [3.05, 3.63) is 34.3 Å². The summed E-state index contributed by atoms with van der Waals surface area (Å²) in [4.78, 5) is 14.1. The zero-order valence-corrected chi connectivity index (χ0v) is 18.1. The van der Waals surface area contributed by atoms with E-state index in [9.17, 15) is 4.79 Å². The van der Waals surface area contributed by atoms with E-state index in [4.69, 9.17) is 4.74 Å². The minimum Gasteiger partial charge on any atom is -0.481 e. The van der Waals surface area contributed by atoms with Gasteiger partial charge in [-0.3, -0.25) is 4.79 Å². The maximum absolute atomic E-state index is 12.3. The predicted molar refractivity (Wildman–Crippen MR) is 90.9 cm³/mol. The third kappa shape index (κ3) is 4.92. The third-order valence-electron chi connectivity index (χ3n) is 3.53. The van der Waals surface area contributed by atoms with E-state index < -0.39 is 0 Å². The molecular weight excluding hydrogens is 431 g/mol. The van der Waals surface area contributed by atoms with Crippen molar-refractivity contribution in [2.75, 3.05) is 13.2 Å². The van der Waals surface area contributed by atoms with Crippen LogP contribution < -0.4 is 4.74 Å². The molecule has 1 radical (unpaired) electrons. The quantitative estimate of drug-likeness (QED) is 0.515. The molecule has 3 nitrogen and oxygen atoms in total. The summed E-state index contributed by atoms with van der Waals surface area (Å²) in [5, 5.41) is 0. The first-order valence-corrected chi connectivity index (χ1v) is 8.12. The summed E-state index contributed by atoms with van der Waals surface area (Å²) in [5.74, 6) is 6.56. The summed E-state index contributed by atoms with van der Waals surface area (Å²) in [6, 6.07) is 5.74. The summed E-state index contributed by atoms with van der Waals surface area (Å²) in [7, 11) is 0. The number of carbonyl (C=O) groups excluding carboxylic acids is 1. The van der Waals surface area contributed by atoms with Crippen molar-refractivity contribution in [2.45, 2.75) is 27.2 Å². The number of ether oxygens (including phenoxy) is 1. The van der Waals surface area contributed by atoms with E-state index >= 15 is 0 Å². The number of hydrogen-bond donors (Lipinski definition) is 0. The number of rotatable bonds is 4. The van der Waals surface area contributed by atoms with Gasteiger partial charge in [0.1, 0.15) is 12.4 Å². The Morgan fingerprint density at radius 3 is 2.83 bits per heavy atom. The Balaban J connectivity index is 0.00000264. The van der Waals surface area contributed by atoms with Crippen molar-refractivity contribution in [3.63, 3.8) is 0 Å². The molecule has 0 saturated carbocycles. The predicted octanol–water partition coefficient (Wildman–Crippen LogP) is 3.88. The fraction of sp³-hybridized carbons (Fsp3) is 0.389. The number of carbonyl (C=O) groups is 1. The molecule has 1 aromatic rings. The average molecular weight is 450 g/mol. The number of hydrogen-bond acceptors (Lipinski definition) is 2. The van der Waals surface area contributed by atoms with Crippen molar-refractivity contribution in [3.8, 4) is 17.6 Å². The Kier molecular flexibility index (Phi) is 8.54. The minimum absolute atomic E-state index is 0. The molecule has 5 heteroatoms. The van der Waals surface area contributed by atoms with E-state index in [0.717, 1.165) is 21.5 Å². The molecule has 1 unspecified atom stereocenters. The molecule has 0 aromatic heterocycles. The molecule has 1 aliphatic heterocycles. The van der Waals surface area contributed by atoms with Crippen LogP contribution >= 0.6 is 15.9 Å².